The van der Waals surface area contributed by atoms with Crippen LogP contribution in [0.15, 0.2) is 30.5 Å². The van der Waals surface area contributed by atoms with Crippen LogP contribution in [0.5, 0.6) is 0 Å². The summed E-state index contributed by atoms with van der Waals surface area (Å²) in [5.74, 6) is -0.295. The molecule has 0 saturated carbocycles. The summed E-state index contributed by atoms with van der Waals surface area (Å²) in [6.45, 7) is 14.7. The summed E-state index contributed by atoms with van der Waals surface area (Å²) in [4.78, 5) is 19.8. The molecule has 1 atom stereocenters. The van der Waals surface area contributed by atoms with Crippen molar-refractivity contribution in [1.29, 1.82) is 0 Å². The summed E-state index contributed by atoms with van der Waals surface area (Å²) in [6, 6.07) is 3.98. The SMILES string of the molecule is C=C(C)CN(CC(C)C(=O)O)c1ccc(N(CC)CC)nc1. The second-order valence-corrected chi connectivity index (χ2v) is 5.62. The normalized spacial score (nSPS) is 11.8. The first-order valence-electron chi connectivity index (χ1n) is 7.72. The van der Waals surface area contributed by atoms with Crippen LogP contribution in [-0.2, 0) is 4.79 Å². The van der Waals surface area contributed by atoms with Gasteiger partial charge in [0.05, 0.1) is 17.8 Å². The minimum Gasteiger partial charge on any atom is -0.481 e. The Morgan fingerprint density at radius 1 is 1.32 bits per heavy atom. The number of nitrogens with zero attached hydrogens (tertiary/aromatic N) is 3. The quantitative estimate of drug-likeness (QED) is 0.711. The van der Waals surface area contributed by atoms with Crippen LogP contribution in [0.1, 0.15) is 27.7 Å². The first-order chi connectivity index (χ1) is 10.4. The van der Waals surface area contributed by atoms with Crippen molar-refractivity contribution < 1.29 is 9.90 Å². The van der Waals surface area contributed by atoms with Gasteiger partial charge in [-0.3, -0.25) is 4.79 Å². The maximum atomic E-state index is 11.1. The molecule has 1 aromatic rings. The molecule has 0 bridgehead atoms. The largest absolute Gasteiger partial charge is 0.481 e. The molecule has 1 aromatic heterocycles. The molecule has 22 heavy (non-hydrogen) atoms. The standard InChI is InChI=1S/C17H27N3O2/c1-6-19(7-2)16-9-8-15(10-18-16)20(11-13(3)4)12-14(5)17(21)22/h8-10,14H,3,6-7,11-12H2,1-2,4-5H3,(H,21,22). The first-order valence-corrected chi connectivity index (χ1v) is 7.72. The zero-order chi connectivity index (χ0) is 16.7. The highest BCUT2D eigenvalue weighted by Gasteiger charge is 2.17. The van der Waals surface area contributed by atoms with Crippen molar-refractivity contribution in [3.63, 3.8) is 0 Å². The summed E-state index contributed by atoms with van der Waals surface area (Å²) in [7, 11) is 0. The number of hydrogen-bond donors (Lipinski definition) is 1. The van der Waals surface area contributed by atoms with E-state index in [4.69, 9.17) is 5.11 Å². The molecule has 0 aliphatic rings. The van der Waals surface area contributed by atoms with Crippen molar-refractivity contribution in [3.05, 3.63) is 30.5 Å². The van der Waals surface area contributed by atoms with E-state index in [0.717, 1.165) is 30.2 Å². The lowest BCUT2D eigenvalue weighted by atomic mass is 10.1. The molecule has 1 rings (SSSR count). The first kappa shape index (κ1) is 18.0. The van der Waals surface area contributed by atoms with E-state index in [-0.39, 0.29) is 0 Å². The molecule has 0 aromatic carbocycles. The predicted octanol–water partition coefficient (Wildman–Crippen LogP) is 3.03. The van der Waals surface area contributed by atoms with Gasteiger partial charge in [0.2, 0.25) is 0 Å². The Kier molecular flexibility index (Phi) is 6.89. The van der Waals surface area contributed by atoms with E-state index < -0.39 is 11.9 Å². The summed E-state index contributed by atoms with van der Waals surface area (Å²) in [5, 5.41) is 9.12. The molecule has 1 unspecified atom stereocenters. The molecule has 1 heterocycles. The van der Waals surface area contributed by atoms with Crippen LogP contribution >= 0.6 is 0 Å². The molecule has 0 aliphatic carbocycles. The van der Waals surface area contributed by atoms with E-state index in [1.165, 1.54) is 0 Å². The number of aliphatic carboxylic acids is 1. The van der Waals surface area contributed by atoms with Gasteiger partial charge in [0, 0.05) is 26.2 Å². The second kappa shape index (κ2) is 8.41. The van der Waals surface area contributed by atoms with Gasteiger partial charge in [-0.1, -0.05) is 19.1 Å². The number of rotatable bonds is 9. The van der Waals surface area contributed by atoms with E-state index in [1.54, 1.807) is 6.92 Å². The molecule has 0 aliphatic heterocycles. The number of hydrogen-bond acceptors (Lipinski definition) is 4. The Bertz CT molecular complexity index is 495. The zero-order valence-electron chi connectivity index (χ0n) is 14.0. The number of carbonyl (C=O) groups is 1. The van der Waals surface area contributed by atoms with Gasteiger partial charge < -0.3 is 14.9 Å². The smallest absolute Gasteiger partial charge is 0.308 e. The van der Waals surface area contributed by atoms with Gasteiger partial charge in [0.15, 0.2) is 0 Å². The molecule has 5 nitrogen and oxygen atoms in total. The van der Waals surface area contributed by atoms with Gasteiger partial charge in [-0.25, -0.2) is 4.98 Å². The van der Waals surface area contributed by atoms with Crippen molar-refractivity contribution in [2.24, 2.45) is 5.92 Å². The molecule has 1 N–H and O–H groups in total. The van der Waals surface area contributed by atoms with Crippen LogP contribution in [0.25, 0.3) is 0 Å². The third-order valence-electron chi connectivity index (χ3n) is 3.56. The van der Waals surface area contributed by atoms with Crippen LogP contribution in [-0.4, -0.2) is 42.2 Å². The minimum absolute atomic E-state index is 0.439. The fourth-order valence-electron chi connectivity index (χ4n) is 2.30. The van der Waals surface area contributed by atoms with Crippen molar-refractivity contribution in [1.82, 2.24) is 4.98 Å². The molecule has 0 saturated heterocycles. The molecular formula is C17H27N3O2. The molecule has 0 fully saturated rings. The lowest BCUT2D eigenvalue weighted by Gasteiger charge is -2.27. The van der Waals surface area contributed by atoms with Crippen LogP contribution < -0.4 is 9.80 Å². The maximum absolute atomic E-state index is 11.1. The molecule has 0 amide bonds. The van der Waals surface area contributed by atoms with E-state index in [0.29, 0.717) is 13.1 Å². The summed E-state index contributed by atoms with van der Waals surface area (Å²) < 4.78 is 0. The van der Waals surface area contributed by atoms with Crippen molar-refractivity contribution in [3.8, 4) is 0 Å². The van der Waals surface area contributed by atoms with Crippen molar-refractivity contribution in [2.75, 3.05) is 36.0 Å². The van der Waals surface area contributed by atoms with Crippen LogP contribution in [0.2, 0.25) is 0 Å². The monoisotopic (exact) mass is 305 g/mol. The third kappa shape index (κ3) is 5.06. The summed E-state index contributed by atoms with van der Waals surface area (Å²) >= 11 is 0. The number of carboxylic acids is 1. The average Bonchev–Trinajstić information content (AvgIpc) is 2.48. The zero-order valence-corrected chi connectivity index (χ0v) is 14.0. The molecule has 0 spiro atoms. The van der Waals surface area contributed by atoms with Gasteiger partial charge >= 0.3 is 5.97 Å². The van der Waals surface area contributed by atoms with Gasteiger partial charge in [0.25, 0.3) is 0 Å². The van der Waals surface area contributed by atoms with E-state index in [9.17, 15) is 4.79 Å². The van der Waals surface area contributed by atoms with E-state index in [2.05, 4.69) is 30.3 Å². The van der Waals surface area contributed by atoms with Gasteiger partial charge in [0.1, 0.15) is 5.82 Å². The fourth-order valence-corrected chi connectivity index (χ4v) is 2.30. The Balaban J connectivity index is 2.94. The second-order valence-electron chi connectivity index (χ2n) is 5.62. The summed E-state index contributed by atoms with van der Waals surface area (Å²) in [5.41, 5.74) is 1.91. The minimum atomic E-state index is -0.792. The highest BCUT2D eigenvalue weighted by molar-refractivity contribution is 5.70. The topological polar surface area (TPSA) is 56.7 Å². The number of pyridine rings is 1. The van der Waals surface area contributed by atoms with E-state index in [1.807, 2.05) is 30.2 Å². The maximum Gasteiger partial charge on any atom is 0.308 e. The summed E-state index contributed by atoms with van der Waals surface area (Å²) in [6.07, 6.45) is 1.81. The third-order valence-corrected chi connectivity index (χ3v) is 3.56. The Morgan fingerprint density at radius 2 is 1.95 bits per heavy atom. The number of carboxylic acid groups (broad SMARTS) is 1. The van der Waals surface area contributed by atoms with Crippen molar-refractivity contribution >= 4 is 17.5 Å². The lowest BCUT2D eigenvalue weighted by molar-refractivity contribution is -0.140. The molecule has 5 heteroatoms. The Labute approximate surface area is 133 Å². The number of aromatic nitrogens is 1. The molecule has 0 radical (unpaired) electrons. The lowest BCUT2D eigenvalue weighted by Crippen LogP contribution is -2.33. The van der Waals surface area contributed by atoms with Crippen LogP contribution in [0.4, 0.5) is 11.5 Å². The number of anilines is 2. The van der Waals surface area contributed by atoms with Crippen LogP contribution in [0.3, 0.4) is 0 Å². The molecule has 122 valence electrons. The Hall–Kier alpha value is -2.04. The van der Waals surface area contributed by atoms with Crippen molar-refractivity contribution in [2.45, 2.75) is 27.7 Å². The average molecular weight is 305 g/mol. The highest BCUT2D eigenvalue weighted by atomic mass is 16.4. The van der Waals surface area contributed by atoms with Gasteiger partial charge in [-0.2, -0.15) is 0 Å². The van der Waals surface area contributed by atoms with Crippen LogP contribution in [0, 0.1) is 5.92 Å². The molecular weight excluding hydrogens is 278 g/mol. The predicted molar refractivity (Wildman–Crippen MR) is 91.6 cm³/mol. The van der Waals surface area contributed by atoms with Gasteiger partial charge in [-0.15, -0.1) is 0 Å². The van der Waals surface area contributed by atoms with E-state index >= 15 is 0 Å². The highest BCUT2D eigenvalue weighted by Crippen LogP contribution is 2.20. The Morgan fingerprint density at radius 3 is 2.36 bits per heavy atom. The fraction of sp³-hybridized carbons (Fsp3) is 0.529. The van der Waals surface area contributed by atoms with Gasteiger partial charge in [-0.05, 0) is 32.9 Å².